The van der Waals surface area contributed by atoms with Gasteiger partial charge in [0.1, 0.15) is 0 Å². The predicted molar refractivity (Wildman–Crippen MR) is 98.9 cm³/mol. The van der Waals surface area contributed by atoms with E-state index in [0.29, 0.717) is 16.6 Å². The minimum absolute atomic E-state index is 0.166. The molecule has 0 radical (unpaired) electrons. The molecule has 1 aromatic heterocycles. The molecule has 4 nitrogen and oxygen atoms in total. The largest absolute Gasteiger partial charge is 0.381 e. The molecule has 0 saturated heterocycles. The summed E-state index contributed by atoms with van der Waals surface area (Å²) in [5.41, 5.74) is 3.14. The Bertz CT molecular complexity index is 726. The molecule has 0 atom stereocenters. The number of nitrogens with one attached hydrogen (secondary N) is 2. The van der Waals surface area contributed by atoms with Gasteiger partial charge in [0, 0.05) is 29.1 Å². The lowest BCUT2D eigenvalue weighted by Crippen LogP contribution is -2.22. The lowest BCUT2D eigenvalue weighted by Gasteiger charge is -2.23. The second kappa shape index (κ2) is 7.67. The maximum absolute atomic E-state index is 12.5. The minimum atomic E-state index is -0.166. The van der Waals surface area contributed by atoms with Crippen molar-refractivity contribution in [2.24, 2.45) is 0 Å². The van der Waals surface area contributed by atoms with E-state index in [1.54, 1.807) is 18.5 Å². The Morgan fingerprint density at radius 1 is 1.17 bits per heavy atom. The second-order valence-electron chi connectivity index (χ2n) is 6.35. The molecular weight excluding hydrogens is 322 g/mol. The molecule has 1 amide bonds. The molecule has 24 heavy (non-hydrogen) atoms. The highest BCUT2D eigenvalue weighted by Gasteiger charge is 2.14. The quantitative estimate of drug-likeness (QED) is 0.817. The predicted octanol–water partition coefficient (Wildman–Crippen LogP) is 5.04. The van der Waals surface area contributed by atoms with E-state index < -0.39 is 0 Å². The van der Waals surface area contributed by atoms with Gasteiger partial charge in [-0.05, 0) is 49.6 Å². The van der Waals surface area contributed by atoms with Crippen LogP contribution >= 0.6 is 11.6 Å². The number of nitrogens with zero attached hydrogens (tertiary/aromatic N) is 1. The van der Waals surface area contributed by atoms with Crippen LogP contribution in [0.4, 0.5) is 11.4 Å². The summed E-state index contributed by atoms with van der Waals surface area (Å²) in [4.78, 5) is 16.7. The third-order valence-electron chi connectivity index (χ3n) is 4.41. The Hall–Kier alpha value is -2.07. The molecule has 1 saturated carbocycles. The zero-order chi connectivity index (χ0) is 16.9. The number of amides is 1. The van der Waals surface area contributed by atoms with Gasteiger partial charge in [-0.25, -0.2) is 0 Å². The van der Waals surface area contributed by atoms with Crippen molar-refractivity contribution in [3.8, 4) is 0 Å². The van der Waals surface area contributed by atoms with Gasteiger partial charge in [0.25, 0.3) is 5.91 Å². The van der Waals surface area contributed by atoms with Gasteiger partial charge in [-0.1, -0.05) is 30.9 Å². The molecule has 0 unspecified atom stereocenters. The van der Waals surface area contributed by atoms with Crippen LogP contribution in [-0.4, -0.2) is 16.9 Å². The smallest absolute Gasteiger partial charge is 0.257 e. The maximum atomic E-state index is 12.5. The van der Waals surface area contributed by atoms with Crippen molar-refractivity contribution in [1.82, 2.24) is 4.98 Å². The monoisotopic (exact) mass is 343 g/mol. The number of aryl methyl sites for hydroxylation is 1. The van der Waals surface area contributed by atoms with Crippen molar-refractivity contribution in [3.05, 3.63) is 52.8 Å². The number of hydrogen-bond acceptors (Lipinski definition) is 3. The van der Waals surface area contributed by atoms with E-state index in [1.807, 2.05) is 25.1 Å². The first-order valence-corrected chi connectivity index (χ1v) is 8.79. The molecule has 0 aliphatic heterocycles. The Morgan fingerprint density at radius 3 is 2.71 bits per heavy atom. The van der Waals surface area contributed by atoms with Crippen molar-refractivity contribution >= 4 is 28.9 Å². The molecule has 5 heteroatoms. The molecule has 3 rings (SSSR count). The topological polar surface area (TPSA) is 54.0 Å². The van der Waals surface area contributed by atoms with Crippen LogP contribution in [0.2, 0.25) is 5.02 Å². The van der Waals surface area contributed by atoms with Crippen LogP contribution in [0.1, 0.15) is 48.0 Å². The number of halogens is 1. The Balaban J connectivity index is 1.69. The zero-order valence-electron chi connectivity index (χ0n) is 13.8. The molecule has 1 fully saturated rings. The van der Waals surface area contributed by atoms with Gasteiger partial charge in [-0.2, -0.15) is 0 Å². The van der Waals surface area contributed by atoms with E-state index >= 15 is 0 Å². The minimum Gasteiger partial charge on any atom is -0.381 e. The highest BCUT2D eigenvalue weighted by atomic mass is 35.5. The summed E-state index contributed by atoms with van der Waals surface area (Å²) in [6, 6.07) is 7.76. The third-order valence-corrected chi connectivity index (χ3v) is 4.65. The summed E-state index contributed by atoms with van der Waals surface area (Å²) in [6.45, 7) is 1.92. The van der Waals surface area contributed by atoms with Crippen LogP contribution in [0.5, 0.6) is 0 Å². The summed E-state index contributed by atoms with van der Waals surface area (Å²) in [5, 5.41) is 7.08. The Kier molecular flexibility index (Phi) is 5.36. The van der Waals surface area contributed by atoms with Crippen LogP contribution in [0.3, 0.4) is 0 Å². The molecule has 1 aromatic carbocycles. The van der Waals surface area contributed by atoms with Gasteiger partial charge in [-0.15, -0.1) is 0 Å². The fraction of sp³-hybridized carbons (Fsp3) is 0.368. The lowest BCUT2D eigenvalue weighted by atomic mass is 9.95. The number of carbonyl (C=O) groups excluding carboxylic acids is 1. The van der Waals surface area contributed by atoms with Crippen LogP contribution in [0, 0.1) is 6.92 Å². The standard InChI is InChI=1S/C19H22ClN3O/c1-13-9-15(20)7-8-18(13)23-19(24)14-10-17(12-21-11-14)22-16-5-3-2-4-6-16/h7-12,16,22H,2-6H2,1H3,(H,23,24). The van der Waals surface area contributed by atoms with E-state index in [-0.39, 0.29) is 5.91 Å². The van der Waals surface area contributed by atoms with E-state index in [0.717, 1.165) is 16.9 Å². The Labute approximate surface area is 147 Å². The molecule has 1 heterocycles. The van der Waals surface area contributed by atoms with Crippen molar-refractivity contribution < 1.29 is 4.79 Å². The number of carbonyl (C=O) groups is 1. The van der Waals surface area contributed by atoms with Gasteiger partial charge in [0.05, 0.1) is 11.3 Å². The summed E-state index contributed by atoms with van der Waals surface area (Å²) < 4.78 is 0. The first kappa shape index (κ1) is 16.8. The number of rotatable bonds is 4. The molecule has 1 aliphatic rings. The maximum Gasteiger partial charge on any atom is 0.257 e. The fourth-order valence-corrected chi connectivity index (χ4v) is 3.31. The third kappa shape index (κ3) is 4.26. The SMILES string of the molecule is Cc1cc(Cl)ccc1NC(=O)c1cncc(NC2CCCCC2)c1. The van der Waals surface area contributed by atoms with Crippen LogP contribution in [0.15, 0.2) is 36.7 Å². The summed E-state index contributed by atoms with van der Waals surface area (Å²) in [5.74, 6) is -0.166. The van der Waals surface area contributed by atoms with Crippen LogP contribution in [-0.2, 0) is 0 Å². The average molecular weight is 344 g/mol. The summed E-state index contributed by atoms with van der Waals surface area (Å²) >= 11 is 5.95. The number of hydrogen-bond donors (Lipinski definition) is 2. The van der Waals surface area contributed by atoms with Gasteiger partial charge in [-0.3, -0.25) is 9.78 Å². The van der Waals surface area contributed by atoms with Crippen LogP contribution in [0.25, 0.3) is 0 Å². The molecule has 2 N–H and O–H groups in total. The number of aromatic nitrogens is 1. The van der Waals surface area contributed by atoms with Crippen molar-refractivity contribution in [3.63, 3.8) is 0 Å². The van der Waals surface area contributed by atoms with Gasteiger partial charge in [0.2, 0.25) is 0 Å². The van der Waals surface area contributed by atoms with E-state index in [1.165, 1.54) is 32.1 Å². The normalized spacial score (nSPS) is 15.1. The molecular formula is C19H22ClN3O. The Morgan fingerprint density at radius 2 is 1.96 bits per heavy atom. The van der Waals surface area contributed by atoms with Crippen molar-refractivity contribution in [2.45, 2.75) is 45.1 Å². The highest BCUT2D eigenvalue weighted by molar-refractivity contribution is 6.30. The highest BCUT2D eigenvalue weighted by Crippen LogP contribution is 2.23. The molecule has 0 bridgehead atoms. The number of benzene rings is 1. The van der Waals surface area contributed by atoms with Crippen LogP contribution < -0.4 is 10.6 Å². The fourth-order valence-electron chi connectivity index (χ4n) is 3.09. The summed E-state index contributed by atoms with van der Waals surface area (Å²) in [6.07, 6.45) is 9.58. The molecule has 126 valence electrons. The van der Waals surface area contributed by atoms with Gasteiger partial charge < -0.3 is 10.6 Å². The van der Waals surface area contributed by atoms with Gasteiger partial charge in [0.15, 0.2) is 0 Å². The first-order chi connectivity index (χ1) is 11.6. The average Bonchev–Trinajstić information content (AvgIpc) is 2.58. The second-order valence-corrected chi connectivity index (χ2v) is 6.79. The lowest BCUT2D eigenvalue weighted by molar-refractivity contribution is 0.102. The summed E-state index contributed by atoms with van der Waals surface area (Å²) in [7, 11) is 0. The van der Waals surface area contributed by atoms with E-state index in [4.69, 9.17) is 11.6 Å². The molecule has 1 aliphatic carbocycles. The van der Waals surface area contributed by atoms with E-state index in [2.05, 4.69) is 15.6 Å². The zero-order valence-corrected chi connectivity index (χ0v) is 14.6. The first-order valence-electron chi connectivity index (χ1n) is 8.41. The number of anilines is 2. The van der Waals surface area contributed by atoms with Gasteiger partial charge >= 0.3 is 0 Å². The van der Waals surface area contributed by atoms with Crippen molar-refractivity contribution in [2.75, 3.05) is 10.6 Å². The van der Waals surface area contributed by atoms with E-state index in [9.17, 15) is 4.79 Å². The molecule has 2 aromatic rings. The molecule has 0 spiro atoms. The van der Waals surface area contributed by atoms with Crippen molar-refractivity contribution in [1.29, 1.82) is 0 Å². The number of pyridine rings is 1.